The summed E-state index contributed by atoms with van der Waals surface area (Å²) in [4.78, 5) is 0. The van der Waals surface area contributed by atoms with E-state index in [1.807, 2.05) is 0 Å². The van der Waals surface area contributed by atoms with Gasteiger partial charge in [0, 0.05) is 0 Å². The van der Waals surface area contributed by atoms with E-state index in [0.717, 1.165) is 12.8 Å². The fourth-order valence-corrected chi connectivity index (χ4v) is 2.64. The summed E-state index contributed by atoms with van der Waals surface area (Å²) in [7, 11) is 0. The highest BCUT2D eigenvalue weighted by Gasteiger charge is 2.10. The van der Waals surface area contributed by atoms with E-state index in [-0.39, 0.29) is 0 Å². The van der Waals surface area contributed by atoms with Gasteiger partial charge in [0.25, 0.3) is 0 Å². The molecule has 1 rings (SSSR count). The van der Waals surface area contributed by atoms with Gasteiger partial charge in [0.05, 0.1) is 0 Å². The summed E-state index contributed by atoms with van der Waals surface area (Å²) < 4.78 is 0. The van der Waals surface area contributed by atoms with Gasteiger partial charge in [-0.25, -0.2) is 0 Å². The largest absolute Gasteiger partial charge is 0.0958 e. The van der Waals surface area contributed by atoms with Crippen molar-refractivity contribution in [2.45, 2.75) is 66.2 Å². The van der Waals surface area contributed by atoms with E-state index >= 15 is 0 Å². The Morgan fingerprint density at radius 3 is 2.25 bits per heavy atom. The maximum atomic E-state index is 4.19. The van der Waals surface area contributed by atoms with Crippen molar-refractivity contribution >= 4 is 0 Å². The molecule has 0 fully saturated rings. The Hall–Kier alpha value is -1.04. The molecule has 0 N–H and O–H groups in total. The number of hydrogen-bond donors (Lipinski definition) is 0. The third kappa shape index (κ3) is 6.93. The molecule has 0 aromatic heterocycles. The molecule has 0 amide bonds. The Bertz CT molecular complexity index is 390. The molecule has 20 heavy (non-hydrogen) atoms. The van der Waals surface area contributed by atoms with Crippen molar-refractivity contribution in [1.29, 1.82) is 0 Å². The van der Waals surface area contributed by atoms with Crippen LogP contribution in [0.15, 0.2) is 47.6 Å². The number of hydrogen-bond acceptors (Lipinski definition) is 0. The molecule has 1 atom stereocenters. The first-order chi connectivity index (χ1) is 9.49. The smallest absolute Gasteiger partial charge is 0.0204 e. The minimum Gasteiger partial charge on any atom is -0.0958 e. The second kappa shape index (κ2) is 9.00. The first-order valence-electron chi connectivity index (χ1n) is 8.16. The molecule has 0 spiro atoms. The van der Waals surface area contributed by atoms with Gasteiger partial charge in [0.1, 0.15) is 0 Å². The van der Waals surface area contributed by atoms with Crippen LogP contribution in [0.3, 0.4) is 0 Å². The molecule has 0 nitrogen and oxygen atoms in total. The number of rotatable bonds is 1. The molecule has 0 aromatic carbocycles. The highest BCUT2D eigenvalue weighted by atomic mass is 14.2. The van der Waals surface area contributed by atoms with Crippen LogP contribution in [0.1, 0.15) is 66.2 Å². The molecule has 112 valence electrons. The van der Waals surface area contributed by atoms with Crippen LogP contribution < -0.4 is 0 Å². The fourth-order valence-electron chi connectivity index (χ4n) is 2.64. The Morgan fingerprint density at radius 1 is 1.00 bits per heavy atom. The van der Waals surface area contributed by atoms with Gasteiger partial charge >= 0.3 is 0 Å². The van der Waals surface area contributed by atoms with E-state index in [0.29, 0.717) is 11.8 Å². The van der Waals surface area contributed by atoms with Crippen LogP contribution in [0.2, 0.25) is 0 Å². The van der Waals surface area contributed by atoms with Crippen molar-refractivity contribution in [2.24, 2.45) is 11.8 Å². The zero-order valence-corrected chi connectivity index (χ0v) is 13.9. The molecule has 0 saturated carbocycles. The molecule has 1 aliphatic rings. The Morgan fingerprint density at radius 2 is 1.60 bits per heavy atom. The summed E-state index contributed by atoms with van der Waals surface area (Å²) in [5, 5.41) is 0. The standard InChI is InChI=1S/C20H32/c1-16(2)20-14-12-18(4)10-6-8-17(3)9-7-11-19(5)13-15-20/h8,11-12,14,16,20H,4,6-7,9-10,13,15H2,1-3,5H3/b14-12+,17-8+,19-11+/t20-/m1/s1. The van der Waals surface area contributed by atoms with Gasteiger partial charge in [-0.15, -0.1) is 0 Å². The average molecular weight is 272 g/mol. The molecule has 0 aromatic rings. The summed E-state index contributed by atoms with van der Waals surface area (Å²) >= 11 is 0. The van der Waals surface area contributed by atoms with Gasteiger partial charge in [0.15, 0.2) is 0 Å². The third-order valence-corrected chi connectivity index (χ3v) is 4.30. The molecule has 0 saturated heterocycles. The van der Waals surface area contributed by atoms with E-state index in [4.69, 9.17) is 0 Å². The Balaban J connectivity index is 2.78. The molecule has 0 bridgehead atoms. The molecule has 0 heterocycles. The highest BCUT2D eigenvalue weighted by molar-refractivity contribution is 5.17. The first kappa shape index (κ1) is 17.0. The van der Waals surface area contributed by atoms with Crippen LogP contribution >= 0.6 is 0 Å². The van der Waals surface area contributed by atoms with Gasteiger partial charge in [-0.2, -0.15) is 0 Å². The van der Waals surface area contributed by atoms with E-state index in [2.05, 4.69) is 58.6 Å². The quantitative estimate of drug-likeness (QED) is 0.471. The van der Waals surface area contributed by atoms with Crippen molar-refractivity contribution in [2.75, 3.05) is 0 Å². The molecular formula is C20H32. The summed E-state index contributed by atoms with van der Waals surface area (Å²) in [5.41, 5.74) is 4.33. The molecule has 0 heteroatoms. The third-order valence-electron chi connectivity index (χ3n) is 4.30. The normalized spacial score (nSPS) is 30.1. The molecule has 1 aliphatic carbocycles. The van der Waals surface area contributed by atoms with E-state index in [9.17, 15) is 0 Å². The monoisotopic (exact) mass is 272 g/mol. The minimum atomic E-state index is 0.676. The van der Waals surface area contributed by atoms with E-state index in [1.54, 1.807) is 5.57 Å². The van der Waals surface area contributed by atoms with Crippen molar-refractivity contribution in [3.8, 4) is 0 Å². The lowest BCUT2D eigenvalue weighted by molar-refractivity contribution is 0.435. The maximum absolute atomic E-state index is 4.19. The summed E-state index contributed by atoms with van der Waals surface area (Å²) in [5.74, 6) is 1.39. The highest BCUT2D eigenvalue weighted by Crippen LogP contribution is 2.23. The van der Waals surface area contributed by atoms with Crippen molar-refractivity contribution in [3.05, 3.63) is 47.6 Å². The lowest BCUT2D eigenvalue weighted by Gasteiger charge is -2.17. The predicted octanol–water partition coefficient (Wildman–Crippen LogP) is 6.62. The summed E-state index contributed by atoms with van der Waals surface area (Å²) in [6, 6.07) is 0. The van der Waals surface area contributed by atoms with Crippen LogP contribution in [0, 0.1) is 11.8 Å². The van der Waals surface area contributed by atoms with Gasteiger partial charge < -0.3 is 0 Å². The van der Waals surface area contributed by atoms with Crippen LogP contribution in [0.5, 0.6) is 0 Å². The first-order valence-corrected chi connectivity index (χ1v) is 8.16. The van der Waals surface area contributed by atoms with Gasteiger partial charge in [-0.3, -0.25) is 0 Å². The van der Waals surface area contributed by atoms with Crippen LogP contribution in [-0.4, -0.2) is 0 Å². The zero-order chi connectivity index (χ0) is 15.0. The Labute approximate surface area is 126 Å². The lowest BCUT2D eigenvalue weighted by atomic mass is 9.88. The zero-order valence-electron chi connectivity index (χ0n) is 13.9. The van der Waals surface area contributed by atoms with Gasteiger partial charge in [-0.1, -0.05) is 61.4 Å². The minimum absolute atomic E-state index is 0.676. The maximum Gasteiger partial charge on any atom is -0.0204 e. The van der Waals surface area contributed by atoms with E-state index in [1.165, 1.54) is 36.8 Å². The summed E-state index contributed by atoms with van der Waals surface area (Å²) in [6.45, 7) is 13.4. The van der Waals surface area contributed by atoms with Crippen LogP contribution in [0.4, 0.5) is 0 Å². The predicted molar refractivity (Wildman–Crippen MR) is 91.8 cm³/mol. The molecule has 0 radical (unpaired) electrons. The van der Waals surface area contributed by atoms with Gasteiger partial charge in [-0.05, 0) is 64.2 Å². The summed E-state index contributed by atoms with van der Waals surface area (Å²) in [6.07, 6.45) is 16.6. The van der Waals surface area contributed by atoms with Crippen LogP contribution in [-0.2, 0) is 0 Å². The molecule has 0 unspecified atom stereocenters. The van der Waals surface area contributed by atoms with E-state index < -0.39 is 0 Å². The lowest BCUT2D eigenvalue weighted by Crippen LogP contribution is -2.06. The van der Waals surface area contributed by atoms with Crippen molar-refractivity contribution < 1.29 is 0 Å². The molecule has 0 aliphatic heterocycles. The second-order valence-electron chi connectivity index (χ2n) is 6.64. The fraction of sp³-hybridized carbons (Fsp3) is 0.600. The topological polar surface area (TPSA) is 0 Å². The SMILES string of the molecule is C=C1/C=C/[C@@H](C(C)C)CC/C(C)=C/CC/C(C)=C/CC1. The number of allylic oxidation sites excluding steroid dienone is 7. The van der Waals surface area contributed by atoms with Crippen molar-refractivity contribution in [1.82, 2.24) is 0 Å². The second-order valence-corrected chi connectivity index (χ2v) is 6.64. The average Bonchev–Trinajstić information content (AvgIpc) is 2.37. The van der Waals surface area contributed by atoms with Gasteiger partial charge in [0.2, 0.25) is 0 Å². The van der Waals surface area contributed by atoms with Crippen LogP contribution in [0.25, 0.3) is 0 Å². The Kier molecular flexibility index (Phi) is 7.65. The van der Waals surface area contributed by atoms with Crippen molar-refractivity contribution in [3.63, 3.8) is 0 Å². The molecular weight excluding hydrogens is 240 g/mol.